The first-order chi connectivity index (χ1) is 9.45. The Kier molecular flexibility index (Phi) is 5.76. The fourth-order valence-electron chi connectivity index (χ4n) is 1.63. The van der Waals surface area contributed by atoms with E-state index in [2.05, 4.69) is 10.6 Å². The molecule has 20 heavy (non-hydrogen) atoms. The summed E-state index contributed by atoms with van der Waals surface area (Å²) < 4.78 is 5.22. The average molecular weight is 282 g/mol. The molecule has 3 N–H and O–H groups in total. The van der Waals surface area contributed by atoms with Gasteiger partial charge in [-0.3, -0.25) is 9.59 Å². The molecule has 0 unspecified atom stereocenters. The summed E-state index contributed by atoms with van der Waals surface area (Å²) in [5, 5.41) is 14.2. The molecule has 0 aliphatic carbocycles. The molecule has 7 heteroatoms. The summed E-state index contributed by atoms with van der Waals surface area (Å²) in [6.45, 7) is 4.00. The Balaban J connectivity index is 2.51. The van der Waals surface area contributed by atoms with Crippen LogP contribution in [0.5, 0.6) is 0 Å². The van der Waals surface area contributed by atoms with Crippen molar-refractivity contribution in [2.45, 2.75) is 26.7 Å². The summed E-state index contributed by atoms with van der Waals surface area (Å²) in [4.78, 5) is 33.3. The van der Waals surface area contributed by atoms with Crippen molar-refractivity contribution in [3.05, 3.63) is 23.2 Å². The van der Waals surface area contributed by atoms with Gasteiger partial charge in [0, 0.05) is 32.5 Å². The lowest BCUT2D eigenvalue weighted by Gasteiger charge is -2.03. The molecule has 1 aromatic rings. The number of carboxylic acids is 1. The van der Waals surface area contributed by atoms with Crippen LogP contribution >= 0.6 is 0 Å². The van der Waals surface area contributed by atoms with Gasteiger partial charge in [-0.25, -0.2) is 4.79 Å². The number of rotatable bonds is 7. The molecule has 0 aliphatic heterocycles. The van der Waals surface area contributed by atoms with Crippen molar-refractivity contribution in [3.63, 3.8) is 0 Å². The molecule has 0 saturated carbocycles. The molecule has 0 spiro atoms. The highest BCUT2D eigenvalue weighted by Gasteiger charge is 2.19. The van der Waals surface area contributed by atoms with Crippen molar-refractivity contribution in [1.29, 1.82) is 0 Å². The van der Waals surface area contributed by atoms with Gasteiger partial charge in [0.15, 0.2) is 5.76 Å². The first-order valence-electron chi connectivity index (χ1n) is 6.34. The van der Waals surface area contributed by atoms with Gasteiger partial charge in [-0.15, -0.1) is 0 Å². The van der Waals surface area contributed by atoms with Crippen molar-refractivity contribution in [1.82, 2.24) is 10.6 Å². The third-order valence-electron chi connectivity index (χ3n) is 2.60. The number of furan rings is 1. The van der Waals surface area contributed by atoms with E-state index in [4.69, 9.17) is 9.52 Å². The van der Waals surface area contributed by atoms with Crippen LogP contribution in [0.15, 0.2) is 10.5 Å². The second kappa shape index (κ2) is 7.32. The average Bonchev–Trinajstić information content (AvgIpc) is 2.82. The standard InChI is InChI=1S/C13H18N2O5/c1-3-10-9(13(18)19)7-11(20-10)12(17)15-6-4-5-14-8(2)16/h7H,3-6H2,1-2H3,(H,14,16)(H,15,17)(H,18,19). The minimum atomic E-state index is -1.12. The normalized spacial score (nSPS) is 10.1. The SMILES string of the molecule is CCc1oc(C(=O)NCCCNC(C)=O)cc1C(=O)O. The zero-order valence-corrected chi connectivity index (χ0v) is 11.5. The van der Waals surface area contributed by atoms with E-state index in [1.54, 1.807) is 6.92 Å². The van der Waals surface area contributed by atoms with Gasteiger partial charge in [0.05, 0.1) is 0 Å². The Labute approximate surface area is 116 Å². The Bertz CT molecular complexity index is 507. The first kappa shape index (κ1) is 15.7. The Morgan fingerprint density at radius 1 is 1.25 bits per heavy atom. The lowest BCUT2D eigenvalue weighted by atomic mass is 10.2. The third-order valence-corrected chi connectivity index (χ3v) is 2.60. The maximum atomic E-state index is 11.8. The van der Waals surface area contributed by atoms with Gasteiger partial charge in [0.25, 0.3) is 5.91 Å². The topological polar surface area (TPSA) is 109 Å². The maximum Gasteiger partial charge on any atom is 0.339 e. The van der Waals surface area contributed by atoms with Crippen LogP contribution < -0.4 is 10.6 Å². The molecule has 0 atom stereocenters. The number of carboxylic acid groups (broad SMARTS) is 1. The van der Waals surface area contributed by atoms with Gasteiger partial charge in [-0.1, -0.05) is 6.92 Å². The van der Waals surface area contributed by atoms with E-state index < -0.39 is 11.9 Å². The van der Waals surface area contributed by atoms with Crippen LogP contribution in [0.1, 0.15) is 46.9 Å². The van der Waals surface area contributed by atoms with Gasteiger partial charge >= 0.3 is 5.97 Å². The number of carbonyl (C=O) groups excluding carboxylic acids is 2. The highest BCUT2D eigenvalue weighted by atomic mass is 16.4. The molecule has 1 heterocycles. The van der Waals surface area contributed by atoms with Crippen LogP contribution in [0.2, 0.25) is 0 Å². The minimum absolute atomic E-state index is 0.0101. The van der Waals surface area contributed by atoms with E-state index in [-0.39, 0.29) is 23.0 Å². The van der Waals surface area contributed by atoms with Crippen molar-refractivity contribution in [2.24, 2.45) is 0 Å². The molecule has 0 aromatic carbocycles. The van der Waals surface area contributed by atoms with E-state index in [9.17, 15) is 14.4 Å². The number of hydrogen-bond donors (Lipinski definition) is 3. The van der Waals surface area contributed by atoms with Crippen LogP contribution in [0.3, 0.4) is 0 Å². The number of aryl methyl sites for hydroxylation is 1. The molecule has 2 amide bonds. The van der Waals surface area contributed by atoms with Gasteiger partial charge in [-0.05, 0) is 6.42 Å². The van der Waals surface area contributed by atoms with Gasteiger partial charge in [-0.2, -0.15) is 0 Å². The second-order valence-corrected chi connectivity index (χ2v) is 4.20. The molecule has 0 fully saturated rings. The highest BCUT2D eigenvalue weighted by Crippen LogP contribution is 2.16. The van der Waals surface area contributed by atoms with E-state index in [0.29, 0.717) is 25.9 Å². The van der Waals surface area contributed by atoms with Crippen LogP contribution in [-0.4, -0.2) is 36.0 Å². The van der Waals surface area contributed by atoms with Crippen molar-refractivity contribution >= 4 is 17.8 Å². The Morgan fingerprint density at radius 3 is 2.40 bits per heavy atom. The summed E-state index contributed by atoms with van der Waals surface area (Å²) in [7, 11) is 0. The van der Waals surface area contributed by atoms with Crippen LogP contribution in [0, 0.1) is 0 Å². The summed E-state index contributed by atoms with van der Waals surface area (Å²) in [6, 6.07) is 1.23. The second-order valence-electron chi connectivity index (χ2n) is 4.20. The number of carbonyl (C=O) groups is 3. The monoisotopic (exact) mass is 282 g/mol. The summed E-state index contributed by atoms with van der Waals surface area (Å²) in [5.74, 6) is -1.44. The van der Waals surface area contributed by atoms with Gasteiger partial charge in [0.2, 0.25) is 5.91 Å². The molecular formula is C13H18N2O5. The third kappa shape index (κ3) is 4.42. The molecule has 1 aromatic heterocycles. The highest BCUT2D eigenvalue weighted by molar-refractivity contribution is 5.96. The molecule has 0 radical (unpaired) electrons. The number of hydrogen-bond acceptors (Lipinski definition) is 4. The van der Waals surface area contributed by atoms with Crippen LogP contribution in [0.25, 0.3) is 0 Å². The lowest BCUT2D eigenvalue weighted by Crippen LogP contribution is -2.28. The molecule has 110 valence electrons. The van der Waals surface area contributed by atoms with Crippen molar-refractivity contribution in [3.8, 4) is 0 Å². The molecule has 0 saturated heterocycles. The number of amides is 2. The van der Waals surface area contributed by atoms with Crippen molar-refractivity contribution < 1.29 is 23.9 Å². The number of nitrogens with one attached hydrogen (secondary N) is 2. The predicted octanol–water partition coefficient (Wildman–Crippen LogP) is 0.796. The molecule has 1 rings (SSSR count). The summed E-state index contributed by atoms with van der Waals surface area (Å²) in [6.07, 6.45) is 0.982. The first-order valence-corrected chi connectivity index (χ1v) is 6.34. The predicted molar refractivity (Wildman–Crippen MR) is 70.7 cm³/mol. The maximum absolute atomic E-state index is 11.8. The van der Waals surface area contributed by atoms with Crippen LogP contribution in [0.4, 0.5) is 0 Å². The Morgan fingerprint density at radius 2 is 1.90 bits per heavy atom. The quantitative estimate of drug-likeness (QED) is 0.641. The molecule has 7 nitrogen and oxygen atoms in total. The van der Waals surface area contributed by atoms with E-state index in [0.717, 1.165) is 0 Å². The zero-order valence-electron chi connectivity index (χ0n) is 11.5. The number of aromatic carboxylic acids is 1. The molecular weight excluding hydrogens is 264 g/mol. The lowest BCUT2D eigenvalue weighted by molar-refractivity contribution is -0.118. The largest absolute Gasteiger partial charge is 0.478 e. The fourth-order valence-corrected chi connectivity index (χ4v) is 1.63. The van der Waals surface area contributed by atoms with Crippen molar-refractivity contribution in [2.75, 3.05) is 13.1 Å². The van der Waals surface area contributed by atoms with E-state index >= 15 is 0 Å². The fraction of sp³-hybridized carbons (Fsp3) is 0.462. The van der Waals surface area contributed by atoms with Gasteiger partial charge < -0.3 is 20.2 Å². The Hall–Kier alpha value is -2.31. The van der Waals surface area contributed by atoms with E-state index in [1.165, 1.54) is 13.0 Å². The molecule has 0 bridgehead atoms. The summed E-state index contributed by atoms with van der Waals surface area (Å²) in [5.41, 5.74) is 0.0101. The zero-order chi connectivity index (χ0) is 15.1. The smallest absolute Gasteiger partial charge is 0.339 e. The van der Waals surface area contributed by atoms with E-state index in [1.807, 2.05) is 0 Å². The summed E-state index contributed by atoms with van der Waals surface area (Å²) >= 11 is 0. The minimum Gasteiger partial charge on any atom is -0.478 e. The van der Waals surface area contributed by atoms with Gasteiger partial charge in [0.1, 0.15) is 11.3 Å². The molecule has 0 aliphatic rings. The van der Waals surface area contributed by atoms with Crippen LogP contribution in [-0.2, 0) is 11.2 Å².